The molecular weight excluding hydrogens is 372 g/mol. The van der Waals surface area contributed by atoms with E-state index < -0.39 is 10.0 Å². The van der Waals surface area contributed by atoms with Crippen LogP contribution in [0.3, 0.4) is 0 Å². The fourth-order valence-electron chi connectivity index (χ4n) is 3.81. The van der Waals surface area contributed by atoms with E-state index in [1.807, 2.05) is 37.5 Å². The lowest BCUT2D eigenvalue weighted by Gasteiger charge is -2.32. The molecule has 28 heavy (non-hydrogen) atoms. The standard InChI is InChI=1S/C21H24N4O2S/c1-17-13-23-21(19-8-5-11-22-14-19)25(17)16-18-7-6-12-24(15-18)28(26,27)20-9-3-2-4-10-20/h2-5,8-11,13-14,18H,6-7,12,15-16H2,1H3. The number of nitrogens with zero attached hydrogens (tertiary/aromatic N) is 4. The third kappa shape index (κ3) is 3.72. The Morgan fingerprint density at radius 1 is 1.11 bits per heavy atom. The maximum Gasteiger partial charge on any atom is 0.243 e. The summed E-state index contributed by atoms with van der Waals surface area (Å²) in [6, 6.07) is 12.6. The zero-order valence-electron chi connectivity index (χ0n) is 15.9. The molecule has 1 unspecified atom stereocenters. The van der Waals surface area contributed by atoms with Gasteiger partial charge in [0, 0.05) is 49.5 Å². The van der Waals surface area contributed by atoms with Gasteiger partial charge in [0.05, 0.1) is 4.90 Å². The number of aromatic nitrogens is 3. The van der Waals surface area contributed by atoms with E-state index in [0.29, 0.717) is 18.0 Å². The molecule has 1 fully saturated rings. The molecule has 1 atom stereocenters. The highest BCUT2D eigenvalue weighted by Crippen LogP contribution is 2.27. The highest BCUT2D eigenvalue weighted by molar-refractivity contribution is 7.89. The lowest BCUT2D eigenvalue weighted by Crippen LogP contribution is -2.41. The average molecular weight is 397 g/mol. The van der Waals surface area contributed by atoms with Gasteiger partial charge >= 0.3 is 0 Å². The molecule has 0 bridgehead atoms. The second kappa shape index (κ2) is 7.85. The van der Waals surface area contributed by atoms with Gasteiger partial charge in [0.2, 0.25) is 10.0 Å². The molecule has 0 saturated carbocycles. The first-order valence-corrected chi connectivity index (χ1v) is 11.0. The second-order valence-electron chi connectivity index (χ2n) is 7.26. The van der Waals surface area contributed by atoms with Crippen molar-refractivity contribution in [3.05, 3.63) is 66.7 Å². The predicted molar refractivity (Wildman–Crippen MR) is 108 cm³/mol. The summed E-state index contributed by atoms with van der Waals surface area (Å²) in [5.41, 5.74) is 2.04. The Labute approximate surface area is 165 Å². The lowest BCUT2D eigenvalue weighted by molar-refractivity contribution is 0.245. The molecule has 0 amide bonds. The Kier molecular flexibility index (Phi) is 5.28. The van der Waals surface area contributed by atoms with Gasteiger partial charge < -0.3 is 4.57 Å². The molecule has 2 aromatic heterocycles. The first-order valence-electron chi connectivity index (χ1n) is 9.53. The molecule has 6 nitrogen and oxygen atoms in total. The van der Waals surface area contributed by atoms with Crippen molar-refractivity contribution in [2.45, 2.75) is 31.2 Å². The summed E-state index contributed by atoms with van der Waals surface area (Å²) in [7, 11) is -3.45. The van der Waals surface area contributed by atoms with Gasteiger partial charge in [0.1, 0.15) is 5.82 Å². The Balaban J connectivity index is 1.55. The maximum atomic E-state index is 13.0. The number of pyridine rings is 1. The summed E-state index contributed by atoms with van der Waals surface area (Å²) in [6.45, 7) is 3.89. The van der Waals surface area contributed by atoms with E-state index in [2.05, 4.69) is 14.5 Å². The zero-order chi connectivity index (χ0) is 19.6. The Morgan fingerprint density at radius 2 is 1.93 bits per heavy atom. The van der Waals surface area contributed by atoms with Crippen molar-refractivity contribution in [1.29, 1.82) is 0 Å². The summed E-state index contributed by atoms with van der Waals surface area (Å²) in [5, 5.41) is 0. The minimum Gasteiger partial charge on any atom is -0.328 e. The Hall–Kier alpha value is -2.51. The Bertz CT molecular complexity index is 1030. The first kappa shape index (κ1) is 18.8. The van der Waals surface area contributed by atoms with E-state index in [1.165, 1.54) is 0 Å². The minimum absolute atomic E-state index is 0.246. The summed E-state index contributed by atoms with van der Waals surface area (Å²) in [5.74, 6) is 1.13. The topological polar surface area (TPSA) is 68.1 Å². The summed E-state index contributed by atoms with van der Waals surface area (Å²) in [4.78, 5) is 9.12. The van der Waals surface area contributed by atoms with Crippen LogP contribution in [0, 0.1) is 12.8 Å². The van der Waals surface area contributed by atoms with E-state index in [0.717, 1.165) is 36.5 Å². The molecule has 1 saturated heterocycles. The van der Waals surface area contributed by atoms with E-state index >= 15 is 0 Å². The van der Waals surface area contributed by atoms with Gasteiger partial charge in [0.25, 0.3) is 0 Å². The van der Waals surface area contributed by atoms with Crippen LogP contribution < -0.4 is 0 Å². The smallest absolute Gasteiger partial charge is 0.243 e. The van der Waals surface area contributed by atoms with Crippen molar-refractivity contribution in [2.24, 2.45) is 5.92 Å². The van der Waals surface area contributed by atoms with Crippen molar-refractivity contribution in [3.8, 4) is 11.4 Å². The predicted octanol–water partition coefficient (Wildman–Crippen LogP) is 3.35. The van der Waals surface area contributed by atoms with Crippen LogP contribution in [-0.2, 0) is 16.6 Å². The highest BCUT2D eigenvalue weighted by atomic mass is 32.2. The largest absolute Gasteiger partial charge is 0.328 e. The number of hydrogen-bond donors (Lipinski definition) is 0. The second-order valence-corrected chi connectivity index (χ2v) is 9.20. The van der Waals surface area contributed by atoms with Gasteiger partial charge in [-0.3, -0.25) is 4.98 Å². The quantitative estimate of drug-likeness (QED) is 0.663. The molecule has 1 aliphatic rings. The van der Waals surface area contributed by atoms with Crippen molar-refractivity contribution in [1.82, 2.24) is 18.8 Å². The van der Waals surface area contributed by atoms with Gasteiger partial charge in [0.15, 0.2) is 0 Å². The van der Waals surface area contributed by atoms with Crippen molar-refractivity contribution >= 4 is 10.0 Å². The summed E-state index contributed by atoms with van der Waals surface area (Å²) < 4.78 is 29.8. The molecule has 4 rings (SSSR count). The van der Waals surface area contributed by atoms with E-state index in [1.54, 1.807) is 34.8 Å². The molecule has 0 spiro atoms. The molecule has 3 aromatic rings. The van der Waals surface area contributed by atoms with Gasteiger partial charge in [-0.2, -0.15) is 4.31 Å². The first-order chi connectivity index (χ1) is 13.6. The van der Waals surface area contributed by atoms with E-state index in [-0.39, 0.29) is 5.92 Å². The number of piperidine rings is 1. The average Bonchev–Trinajstić information content (AvgIpc) is 3.10. The molecule has 3 heterocycles. The maximum absolute atomic E-state index is 13.0. The number of benzene rings is 1. The number of imidazole rings is 1. The lowest BCUT2D eigenvalue weighted by atomic mass is 9.99. The molecule has 7 heteroatoms. The van der Waals surface area contributed by atoms with Crippen LogP contribution in [0.2, 0.25) is 0 Å². The van der Waals surface area contributed by atoms with Gasteiger partial charge in [-0.15, -0.1) is 0 Å². The molecule has 1 aromatic carbocycles. The van der Waals surface area contributed by atoms with Crippen molar-refractivity contribution in [2.75, 3.05) is 13.1 Å². The molecule has 0 aliphatic carbocycles. The molecule has 1 aliphatic heterocycles. The van der Waals surface area contributed by atoms with E-state index in [9.17, 15) is 8.42 Å². The van der Waals surface area contributed by atoms with E-state index in [4.69, 9.17) is 0 Å². The molecule has 146 valence electrons. The molecule has 0 N–H and O–H groups in total. The van der Waals surface area contributed by atoms with Gasteiger partial charge in [-0.25, -0.2) is 13.4 Å². The normalized spacial score (nSPS) is 18.2. The fourth-order valence-corrected chi connectivity index (χ4v) is 5.39. The third-order valence-electron chi connectivity index (χ3n) is 5.28. The summed E-state index contributed by atoms with van der Waals surface area (Å²) in [6.07, 6.45) is 7.30. The van der Waals surface area contributed by atoms with Gasteiger partial charge in [-0.05, 0) is 49.9 Å². The minimum atomic E-state index is -3.45. The van der Waals surface area contributed by atoms with Crippen LogP contribution >= 0.6 is 0 Å². The van der Waals surface area contributed by atoms with Gasteiger partial charge in [-0.1, -0.05) is 18.2 Å². The monoisotopic (exact) mass is 396 g/mol. The van der Waals surface area contributed by atoms with Crippen LogP contribution in [0.15, 0.2) is 66.0 Å². The molecule has 0 radical (unpaired) electrons. The molecular formula is C21H24N4O2S. The third-order valence-corrected chi connectivity index (χ3v) is 7.16. The fraction of sp³-hybridized carbons (Fsp3) is 0.333. The number of aryl methyl sites for hydroxylation is 1. The Morgan fingerprint density at radius 3 is 2.68 bits per heavy atom. The van der Waals surface area contributed by atoms with Crippen molar-refractivity contribution in [3.63, 3.8) is 0 Å². The number of rotatable bonds is 5. The van der Waals surface area contributed by atoms with Crippen LogP contribution in [-0.4, -0.2) is 40.3 Å². The summed E-state index contributed by atoms with van der Waals surface area (Å²) >= 11 is 0. The highest BCUT2D eigenvalue weighted by Gasteiger charge is 2.30. The SMILES string of the molecule is Cc1cnc(-c2cccnc2)n1CC1CCCN(S(=O)(=O)c2ccccc2)C1. The number of hydrogen-bond acceptors (Lipinski definition) is 4. The van der Waals surface area contributed by atoms with Crippen LogP contribution in [0.5, 0.6) is 0 Å². The van der Waals surface area contributed by atoms with Crippen LogP contribution in [0.4, 0.5) is 0 Å². The number of sulfonamides is 1. The van der Waals surface area contributed by atoms with Crippen molar-refractivity contribution < 1.29 is 8.42 Å². The zero-order valence-corrected chi connectivity index (χ0v) is 16.7. The van der Waals surface area contributed by atoms with Crippen LogP contribution in [0.1, 0.15) is 18.5 Å². The van der Waals surface area contributed by atoms with Crippen LogP contribution in [0.25, 0.3) is 11.4 Å².